The minimum atomic E-state index is -2.42. The van der Waals surface area contributed by atoms with Crippen LogP contribution in [-0.4, -0.2) is 41.1 Å². The number of aliphatic hydroxyl groups is 1. The molecule has 96 valence electrons. The fraction of sp³-hybridized carbons (Fsp3) is 0.500. The molecule has 0 saturated heterocycles. The molecule has 0 aliphatic rings. The van der Waals surface area contributed by atoms with E-state index in [2.05, 4.69) is 10.4 Å². The van der Waals surface area contributed by atoms with Gasteiger partial charge in [0, 0.05) is 19.3 Å². The van der Waals surface area contributed by atoms with E-state index in [4.69, 9.17) is 10.9 Å². The molecule has 0 unspecified atom stereocenters. The van der Waals surface area contributed by atoms with Crippen molar-refractivity contribution >= 4 is 5.82 Å². The normalized spacial score (nSPS) is 11.2. The van der Waals surface area contributed by atoms with Crippen molar-refractivity contribution < 1.29 is 13.9 Å². The van der Waals surface area contributed by atoms with Crippen LogP contribution < -0.4 is 11.3 Å². The third-order valence-corrected chi connectivity index (χ3v) is 2.19. The second-order valence-electron chi connectivity index (χ2n) is 3.55. The van der Waals surface area contributed by atoms with Gasteiger partial charge in [0.05, 0.1) is 13.2 Å². The molecular formula is C10H16F2N4O. The van der Waals surface area contributed by atoms with Gasteiger partial charge in [0.15, 0.2) is 0 Å². The molecular weight excluding hydrogens is 230 g/mol. The number of nitrogen functional groups attached to an aromatic ring is 1. The minimum absolute atomic E-state index is 0.150. The van der Waals surface area contributed by atoms with Crippen LogP contribution in [0.4, 0.5) is 14.6 Å². The number of nitrogens with two attached hydrogens (primary N) is 1. The van der Waals surface area contributed by atoms with Crippen molar-refractivity contribution in [3.8, 4) is 0 Å². The van der Waals surface area contributed by atoms with Crippen LogP contribution in [0.3, 0.4) is 0 Å². The summed E-state index contributed by atoms with van der Waals surface area (Å²) in [5.41, 5.74) is 3.17. The molecule has 1 aromatic heterocycles. The lowest BCUT2D eigenvalue weighted by Crippen LogP contribution is -2.31. The van der Waals surface area contributed by atoms with Gasteiger partial charge >= 0.3 is 0 Å². The van der Waals surface area contributed by atoms with E-state index < -0.39 is 6.43 Å². The summed E-state index contributed by atoms with van der Waals surface area (Å²) in [4.78, 5) is 5.45. The third kappa shape index (κ3) is 5.03. The van der Waals surface area contributed by atoms with Crippen molar-refractivity contribution in [3.05, 3.63) is 23.9 Å². The molecule has 0 spiro atoms. The Morgan fingerprint density at radius 2 is 2.24 bits per heavy atom. The van der Waals surface area contributed by atoms with Crippen LogP contribution in [0, 0.1) is 0 Å². The molecule has 5 nitrogen and oxygen atoms in total. The van der Waals surface area contributed by atoms with E-state index in [1.807, 2.05) is 0 Å². The number of aliphatic hydroxyl groups excluding tert-OH is 1. The number of hydrazine groups is 1. The molecule has 0 fully saturated rings. The summed E-state index contributed by atoms with van der Waals surface area (Å²) in [5.74, 6) is 5.67. The smallest absolute Gasteiger partial charge is 0.251 e. The lowest BCUT2D eigenvalue weighted by molar-refractivity contribution is 0.0746. The fourth-order valence-corrected chi connectivity index (χ4v) is 1.43. The van der Waals surface area contributed by atoms with E-state index >= 15 is 0 Å². The first-order valence-corrected chi connectivity index (χ1v) is 5.18. The summed E-state index contributed by atoms with van der Waals surface area (Å²) in [6.45, 7) is 0.0179. The van der Waals surface area contributed by atoms with E-state index in [1.165, 1.54) is 4.90 Å². The van der Waals surface area contributed by atoms with Crippen LogP contribution in [0.15, 0.2) is 18.3 Å². The van der Waals surface area contributed by atoms with Crippen LogP contribution in [0.1, 0.15) is 5.56 Å². The number of nitrogens with one attached hydrogen (secondary N) is 1. The lowest BCUT2D eigenvalue weighted by atomic mass is 10.2. The molecule has 0 amide bonds. The second kappa shape index (κ2) is 7.10. The standard InChI is InChI=1S/C10H16F2N4O/c11-9(12)7-16(3-4-17)6-8-1-2-10(15-13)14-5-8/h1-2,5,9,17H,3-4,6-7,13H2,(H,14,15). The Morgan fingerprint density at radius 3 is 2.71 bits per heavy atom. The minimum Gasteiger partial charge on any atom is -0.395 e. The zero-order valence-electron chi connectivity index (χ0n) is 9.31. The summed E-state index contributed by atoms with van der Waals surface area (Å²) in [7, 11) is 0. The van der Waals surface area contributed by atoms with E-state index in [1.54, 1.807) is 18.3 Å². The quantitative estimate of drug-likeness (QED) is 0.480. The van der Waals surface area contributed by atoms with Crippen molar-refractivity contribution in [2.24, 2.45) is 5.84 Å². The molecule has 0 saturated carbocycles. The number of anilines is 1. The lowest BCUT2D eigenvalue weighted by Gasteiger charge is -2.20. The monoisotopic (exact) mass is 246 g/mol. The van der Waals surface area contributed by atoms with Gasteiger partial charge in [0.1, 0.15) is 5.82 Å². The summed E-state index contributed by atoms with van der Waals surface area (Å²) in [6, 6.07) is 3.41. The summed E-state index contributed by atoms with van der Waals surface area (Å²) >= 11 is 0. The molecule has 7 heteroatoms. The van der Waals surface area contributed by atoms with E-state index in [-0.39, 0.29) is 19.7 Å². The predicted octanol–water partition coefficient (Wildman–Crippen LogP) is 0.427. The van der Waals surface area contributed by atoms with Gasteiger partial charge in [-0.1, -0.05) is 6.07 Å². The van der Waals surface area contributed by atoms with Crippen LogP contribution in [0.2, 0.25) is 0 Å². The van der Waals surface area contributed by atoms with Gasteiger partial charge in [-0.2, -0.15) is 0 Å². The number of pyridine rings is 1. The van der Waals surface area contributed by atoms with Gasteiger partial charge in [0.2, 0.25) is 0 Å². The molecule has 1 aromatic rings. The maximum Gasteiger partial charge on any atom is 0.251 e. The van der Waals surface area contributed by atoms with Crippen molar-refractivity contribution in [1.82, 2.24) is 9.88 Å². The van der Waals surface area contributed by atoms with Crippen molar-refractivity contribution in [1.29, 1.82) is 0 Å². The Balaban J connectivity index is 2.58. The van der Waals surface area contributed by atoms with Gasteiger partial charge in [-0.15, -0.1) is 0 Å². The highest BCUT2D eigenvalue weighted by atomic mass is 19.3. The summed E-state index contributed by atoms with van der Waals surface area (Å²) in [5, 5.41) is 8.78. The third-order valence-electron chi connectivity index (χ3n) is 2.19. The SMILES string of the molecule is NNc1ccc(CN(CCO)CC(F)F)cn1. The Hall–Kier alpha value is -1.31. The number of hydrogen-bond donors (Lipinski definition) is 3. The van der Waals surface area contributed by atoms with E-state index in [9.17, 15) is 8.78 Å². The number of rotatable bonds is 7. The van der Waals surface area contributed by atoms with Crippen LogP contribution >= 0.6 is 0 Å². The van der Waals surface area contributed by atoms with Crippen LogP contribution in [0.25, 0.3) is 0 Å². The van der Waals surface area contributed by atoms with Gasteiger partial charge in [-0.05, 0) is 11.6 Å². The number of hydrogen-bond acceptors (Lipinski definition) is 5. The maximum atomic E-state index is 12.3. The maximum absolute atomic E-state index is 12.3. The molecule has 0 aliphatic carbocycles. The molecule has 0 radical (unpaired) electrons. The zero-order chi connectivity index (χ0) is 12.7. The van der Waals surface area contributed by atoms with Gasteiger partial charge in [-0.25, -0.2) is 19.6 Å². The second-order valence-corrected chi connectivity index (χ2v) is 3.55. The molecule has 0 aromatic carbocycles. The fourth-order valence-electron chi connectivity index (χ4n) is 1.43. The molecule has 0 aliphatic heterocycles. The predicted molar refractivity (Wildman–Crippen MR) is 60.4 cm³/mol. The number of nitrogens with zero attached hydrogens (tertiary/aromatic N) is 2. The first kappa shape index (κ1) is 13.8. The highest BCUT2D eigenvalue weighted by molar-refractivity contribution is 5.33. The zero-order valence-corrected chi connectivity index (χ0v) is 9.31. The van der Waals surface area contributed by atoms with Crippen molar-refractivity contribution in [2.45, 2.75) is 13.0 Å². The first-order valence-electron chi connectivity index (χ1n) is 5.18. The molecule has 1 heterocycles. The van der Waals surface area contributed by atoms with E-state index in [0.717, 1.165) is 5.56 Å². The van der Waals surface area contributed by atoms with E-state index in [0.29, 0.717) is 12.4 Å². The Morgan fingerprint density at radius 1 is 1.47 bits per heavy atom. The number of alkyl halides is 2. The first-order chi connectivity index (χ1) is 8.15. The van der Waals surface area contributed by atoms with Gasteiger partial charge < -0.3 is 10.5 Å². The number of aromatic nitrogens is 1. The molecule has 0 bridgehead atoms. The van der Waals surface area contributed by atoms with Gasteiger partial charge in [0.25, 0.3) is 6.43 Å². The molecule has 0 atom stereocenters. The Kier molecular flexibility index (Phi) is 5.75. The topological polar surface area (TPSA) is 74.4 Å². The Bertz CT molecular complexity index is 321. The Labute approximate surface area is 98.2 Å². The largest absolute Gasteiger partial charge is 0.395 e. The molecule has 1 rings (SSSR count). The summed E-state index contributed by atoms with van der Waals surface area (Å²) in [6.07, 6.45) is -0.857. The van der Waals surface area contributed by atoms with Gasteiger partial charge in [-0.3, -0.25) is 4.90 Å². The van der Waals surface area contributed by atoms with Crippen molar-refractivity contribution in [3.63, 3.8) is 0 Å². The average molecular weight is 246 g/mol. The highest BCUT2D eigenvalue weighted by Crippen LogP contribution is 2.08. The number of halogens is 2. The summed E-state index contributed by atoms with van der Waals surface area (Å²) < 4.78 is 24.5. The van der Waals surface area contributed by atoms with Crippen LogP contribution in [-0.2, 0) is 6.54 Å². The molecule has 4 N–H and O–H groups in total. The van der Waals surface area contributed by atoms with Crippen LogP contribution in [0.5, 0.6) is 0 Å². The average Bonchev–Trinajstić information content (AvgIpc) is 2.29. The van der Waals surface area contributed by atoms with Crippen molar-refractivity contribution in [2.75, 3.05) is 25.1 Å². The highest BCUT2D eigenvalue weighted by Gasteiger charge is 2.12. The molecule has 17 heavy (non-hydrogen) atoms.